The van der Waals surface area contributed by atoms with Crippen LogP contribution in [0.2, 0.25) is 0 Å². The monoisotopic (exact) mass is 348 g/mol. The topological polar surface area (TPSA) is 40.6 Å². The van der Waals surface area contributed by atoms with Gasteiger partial charge in [-0.05, 0) is 43.9 Å². The van der Waals surface area contributed by atoms with Crippen molar-refractivity contribution in [2.24, 2.45) is 0 Å². The lowest BCUT2D eigenvalue weighted by Crippen LogP contribution is -2.51. The second-order valence-corrected chi connectivity index (χ2v) is 8.51. The molecular weight excluding hydrogens is 327 g/mol. The number of nitrogens with zero attached hydrogens (tertiary/aromatic N) is 2. The molecule has 0 spiro atoms. The summed E-state index contributed by atoms with van der Waals surface area (Å²) in [6, 6.07) is 6.06. The molecule has 1 aromatic rings. The van der Waals surface area contributed by atoms with Crippen molar-refractivity contribution >= 4 is 23.6 Å². The van der Waals surface area contributed by atoms with E-state index < -0.39 is 0 Å². The molecule has 0 radical (unpaired) electrons. The van der Waals surface area contributed by atoms with Gasteiger partial charge in [0.05, 0.1) is 10.9 Å². The SMILES string of the molecule is CC12CCC(=O)N1C(C(=O)N1CCCC1c1ccc(F)cc1)CS2. The Kier molecular flexibility index (Phi) is 3.82. The average Bonchev–Trinajstić information content (AvgIpc) is 3.24. The summed E-state index contributed by atoms with van der Waals surface area (Å²) < 4.78 is 13.2. The predicted octanol–water partition coefficient (Wildman–Crippen LogP) is 2.94. The molecular formula is C18H21FN2O2S. The highest BCUT2D eigenvalue weighted by Gasteiger charge is 2.54. The fraction of sp³-hybridized carbons (Fsp3) is 0.556. The molecule has 3 unspecified atom stereocenters. The van der Waals surface area contributed by atoms with Crippen molar-refractivity contribution in [1.82, 2.24) is 9.80 Å². The van der Waals surface area contributed by atoms with Crippen LogP contribution in [0.3, 0.4) is 0 Å². The van der Waals surface area contributed by atoms with Crippen molar-refractivity contribution in [3.63, 3.8) is 0 Å². The molecule has 1 aromatic carbocycles. The van der Waals surface area contributed by atoms with Crippen molar-refractivity contribution in [3.05, 3.63) is 35.6 Å². The van der Waals surface area contributed by atoms with Crippen molar-refractivity contribution in [3.8, 4) is 0 Å². The number of benzene rings is 1. The first-order valence-electron chi connectivity index (χ1n) is 8.52. The van der Waals surface area contributed by atoms with Crippen molar-refractivity contribution in [1.29, 1.82) is 0 Å². The fourth-order valence-electron chi connectivity index (χ4n) is 4.26. The first kappa shape index (κ1) is 15.9. The second kappa shape index (κ2) is 5.76. The van der Waals surface area contributed by atoms with Crippen LogP contribution in [0.1, 0.15) is 44.2 Å². The summed E-state index contributed by atoms with van der Waals surface area (Å²) >= 11 is 1.72. The average molecular weight is 348 g/mol. The zero-order valence-electron chi connectivity index (χ0n) is 13.7. The van der Waals surface area contributed by atoms with Gasteiger partial charge >= 0.3 is 0 Å². The minimum absolute atomic E-state index is 0.00680. The Bertz CT molecular complexity index is 680. The fourth-order valence-corrected chi connectivity index (χ4v) is 5.68. The molecule has 0 N–H and O–H groups in total. The molecule has 3 aliphatic heterocycles. The summed E-state index contributed by atoms with van der Waals surface area (Å²) in [5.74, 6) is 0.556. The predicted molar refractivity (Wildman–Crippen MR) is 90.8 cm³/mol. The highest BCUT2D eigenvalue weighted by molar-refractivity contribution is 8.01. The van der Waals surface area contributed by atoms with Gasteiger partial charge in [-0.1, -0.05) is 12.1 Å². The molecule has 3 heterocycles. The van der Waals surface area contributed by atoms with Crippen LogP contribution in [0, 0.1) is 5.82 Å². The lowest BCUT2D eigenvalue weighted by Gasteiger charge is -2.34. The number of thioether (sulfide) groups is 1. The number of carbonyl (C=O) groups excluding carboxylic acids is 2. The Hall–Kier alpha value is -1.56. The Morgan fingerprint density at radius 2 is 2.08 bits per heavy atom. The molecule has 4 nitrogen and oxygen atoms in total. The van der Waals surface area contributed by atoms with E-state index >= 15 is 0 Å². The third-order valence-electron chi connectivity index (χ3n) is 5.52. The third kappa shape index (κ3) is 2.42. The summed E-state index contributed by atoms with van der Waals surface area (Å²) in [4.78, 5) is 29.0. The number of rotatable bonds is 2. The van der Waals surface area contributed by atoms with Crippen molar-refractivity contribution in [2.75, 3.05) is 12.3 Å². The number of halogens is 1. The Morgan fingerprint density at radius 3 is 2.83 bits per heavy atom. The van der Waals surface area contributed by atoms with E-state index in [-0.39, 0.29) is 34.6 Å². The molecule has 0 aromatic heterocycles. The number of likely N-dealkylation sites (tertiary alicyclic amines) is 1. The molecule has 128 valence electrons. The first-order chi connectivity index (χ1) is 11.5. The molecule has 0 aliphatic carbocycles. The number of amides is 2. The Balaban J connectivity index is 1.57. The van der Waals surface area contributed by atoms with Gasteiger partial charge in [0.25, 0.3) is 0 Å². The summed E-state index contributed by atoms with van der Waals surface area (Å²) in [5.41, 5.74) is 0.975. The van der Waals surface area contributed by atoms with Crippen LogP contribution in [0.4, 0.5) is 4.39 Å². The number of hydrogen-bond donors (Lipinski definition) is 0. The van der Waals surface area contributed by atoms with Crippen molar-refractivity contribution in [2.45, 2.75) is 49.6 Å². The lowest BCUT2D eigenvalue weighted by molar-refractivity contribution is -0.144. The first-order valence-corrected chi connectivity index (χ1v) is 9.50. The summed E-state index contributed by atoms with van der Waals surface area (Å²) in [6.07, 6.45) is 3.19. The minimum atomic E-state index is -0.351. The molecule has 3 fully saturated rings. The van der Waals surface area contributed by atoms with E-state index in [1.165, 1.54) is 12.1 Å². The van der Waals surface area contributed by atoms with Crippen LogP contribution in [0.5, 0.6) is 0 Å². The quantitative estimate of drug-likeness (QED) is 0.825. The highest BCUT2D eigenvalue weighted by Crippen LogP contribution is 2.48. The maximum atomic E-state index is 13.2. The van der Waals surface area contributed by atoms with Crippen LogP contribution in [0.25, 0.3) is 0 Å². The molecule has 24 heavy (non-hydrogen) atoms. The smallest absolute Gasteiger partial charge is 0.246 e. The van der Waals surface area contributed by atoms with E-state index in [9.17, 15) is 14.0 Å². The van der Waals surface area contributed by atoms with Gasteiger partial charge in [-0.25, -0.2) is 4.39 Å². The maximum absolute atomic E-state index is 13.2. The van der Waals surface area contributed by atoms with E-state index in [2.05, 4.69) is 6.92 Å². The Labute approximate surface area is 145 Å². The van der Waals surface area contributed by atoms with Crippen LogP contribution >= 0.6 is 11.8 Å². The molecule has 4 rings (SSSR count). The van der Waals surface area contributed by atoms with Gasteiger partial charge in [0, 0.05) is 18.7 Å². The minimum Gasteiger partial charge on any atom is -0.334 e. The normalized spacial score (nSPS) is 32.5. The second-order valence-electron chi connectivity index (χ2n) is 7.01. The van der Waals surface area contributed by atoms with Crippen LogP contribution in [-0.4, -0.2) is 44.8 Å². The highest BCUT2D eigenvalue weighted by atomic mass is 32.2. The molecule has 0 saturated carbocycles. The van der Waals surface area contributed by atoms with E-state index in [0.717, 1.165) is 24.8 Å². The van der Waals surface area contributed by atoms with Gasteiger partial charge in [-0.2, -0.15) is 0 Å². The standard InChI is InChI=1S/C18H21FN2O2S/c1-18-9-8-16(22)21(18)15(11-24-18)17(23)20-10-2-3-14(20)12-4-6-13(19)7-5-12/h4-7,14-15H,2-3,8-11H2,1H3. The summed E-state index contributed by atoms with van der Waals surface area (Å²) in [5, 5.41) is 0. The maximum Gasteiger partial charge on any atom is 0.246 e. The lowest BCUT2D eigenvalue weighted by atomic mass is 10.0. The molecule has 0 bridgehead atoms. The zero-order valence-corrected chi connectivity index (χ0v) is 14.5. The summed E-state index contributed by atoms with van der Waals surface area (Å²) in [6.45, 7) is 2.78. The van der Waals surface area contributed by atoms with Gasteiger partial charge < -0.3 is 9.80 Å². The van der Waals surface area contributed by atoms with E-state index in [0.29, 0.717) is 18.7 Å². The molecule has 3 aliphatic rings. The van der Waals surface area contributed by atoms with Gasteiger partial charge in [-0.3, -0.25) is 9.59 Å². The van der Waals surface area contributed by atoms with Crippen LogP contribution in [-0.2, 0) is 9.59 Å². The number of fused-ring (bicyclic) bond motifs is 1. The van der Waals surface area contributed by atoms with Gasteiger partial charge in [0.15, 0.2) is 0 Å². The van der Waals surface area contributed by atoms with Crippen molar-refractivity contribution < 1.29 is 14.0 Å². The van der Waals surface area contributed by atoms with Gasteiger partial charge in [0.1, 0.15) is 11.9 Å². The van der Waals surface area contributed by atoms with E-state index in [1.807, 2.05) is 9.80 Å². The van der Waals surface area contributed by atoms with E-state index in [4.69, 9.17) is 0 Å². The van der Waals surface area contributed by atoms with Gasteiger partial charge in [-0.15, -0.1) is 11.8 Å². The van der Waals surface area contributed by atoms with E-state index in [1.54, 1.807) is 23.9 Å². The third-order valence-corrected chi connectivity index (χ3v) is 7.03. The largest absolute Gasteiger partial charge is 0.334 e. The molecule has 2 amide bonds. The Morgan fingerprint density at radius 1 is 1.33 bits per heavy atom. The van der Waals surface area contributed by atoms with Crippen LogP contribution in [0.15, 0.2) is 24.3 Å². The molecule has 3 atom stereocenters. The number of carbonyl (C=O) groups is 2. The number of hydrogen-bond acceptors (Lipinski definition) is 3. The zero-order chi connectivity index (χ0) is 16.9. The molecule has 3 saturated heterocycles. The van der Waals surface area contributed by atoms with Gasteiger partial charge in [0.2, 0.25) is 11.8 Å². The molecule has 6 heteroatoms. The summed E-state index contributed by atoms with van der Waals surface area (Å²) in [7, 11) is 0. The van der Waals surface area contributed by atoms with Crippen LogP contribution < -0.4 is 0 Å².